The van der Waals surface area contributed by atoms with Crippen molar-refractivity contribution < 1.29 is 0 Å². The van der Waals surface area contributed by atoms with E-state index in [-0.39, 0.29) is 0 Å². The Balaban J connectivity index is 2.34. The van der Waals surface area contributed by atoms with Crippen LogP contribution in [0.15, 0.2) is 0 Å². The van der Waals surface area contributed by atoms with E-state index in [1.807, 2.05) is 6.92 Å². The maximum Gasteiger partial charge on any atom is 0.181 e. The van der Waals surface area contributed by atoms with Crippen molar-refractivity contribution in [3.63, 3.8) is 0 Å². The number of aromatic nitrogens is 2. The Morgan fingerprint density at radius 1 is 1.19 bits per heavy atom. The van der Waals surface area contributed by atoms with E-state index in [1.54, 1.807) is 0 Å². The molecule has 0 spiro atoms. The number of nitrogens with one attached hydrogen (secondary N) is 1. The molecule has 1 aliphatic heterocycles. The summed E-state index contributed by atoms with van der Waals surface area (Å²) >= 11 is 0. The van der Waals surface area contributed by atoms with Crippen molar-refractivity contribution in [2.45, 2.75) is 71.9 Å². The lowest BCUT2D eigenvalue weighted by molar-refractivity contribution is 0.135. The summed E-state index contributed by atoms with van der Waals surface area (Å²) in [6, 6.07) is 3.20. The average molecular weight is 287 g/mol. The molecule has 2 unspecified atom stereocenters. The first kappa shape index (κ1) is 15.7. The third-order valence-corrected chi connectivity index (χ3v) is 4.39. The van der Waals surface area contributed by atoms with E-state index in [1.165, 1.54) is 19.3 Å². The van der Waals surface area contributed by atoms with E-state index < -0.39 is 0 Å². The molecule has 2 rings (SSSR count). The highest BCUT2D eigenvalue weighted by Gasteiger charge is 2.26. The van der Waals surface area contributed by atoms with Crippen LogP contribution in [-0.2, 0) is 12.8 Å². The predicted molar refractivity (Wildman–Crippen MR) is 83.7 cm³/mol. The molecule has 1 fully saturated rings. The largest absolute Gasteiger partial charge is 0.300 e. The molecule has 21 heavy (non-hydrogen) atoms. The Labute approximate surface area is 127 Å². The van der Waals surface area contributed by atoms with Gasteiger partial charge in [-0.1, -0.05) is 20.3 Å². The van der Waals surface area contributed by atoms with E-state index in [2.05, 4.69) is 47.5 Å². The van der Waals surface area contributed by atoms with Gasteiger partial charge in [0.25, 0.3) is 0 Å². The molecule has 0 saturated carbocycles. The minimum absolute atomic E-state index is 0.443. The van der Waals surface area contributed by atoms with Gasteiger partial charge in [0.15, 0.2) is 5.82 Å². The number of nitrogens with zero attached hydrogens (tertiary/aromatic N) is 4. The van der Waals surface area contributed by atoms with Crippen molar-refractivity contribution in [3.05, 3.63) is 16.8 Å². The monoisotopic (exact) mass is 287 g/mol. The summed E-state index contributed by atoms with van der Waals surface area (Å²) in [5.41, 5.74) is 5.96. The number of nitriles is 1. The first-order chi connectivity index (χ1) is 10.1. The number of aryl methyl sites for hydroxylation is 1. The van der Waals surface area contributed by atoms with E-state index in [9.17, 15) is 5.26 Å². The third-order valence-electron chi connectivity index (χ3n) is 4.39. The van der Waals surface area contributed by atoms with Crippen molar-refractivity contribution >= 4 is 5.82 Å². The van der Waals surface area contributed by atoms with Crippen molar-refractivity contribution in [1.29, 1.82) is 5.26 Å². The van der Waals surface area contributed by atoms with E-state index >= 15 is 0 Å². The summed E-state index contributed by atoms with van der Waals surface area (Å²) in [7, 11) is 0. The first-order valence-electron chi connectivity index (χ1n) is 7.95. The minimum Gasteiger partial charge on any atom is -0.300 e. The maximum atomic E-state index is 9.54. The van der Waals surface area contributed by atoms with Gasteiger partial charge in [-0.15, -0.1) is 5.10 Å². The molecule has 1 saturated heterocycles. The van der Waals surface area contributed by atoms with Crippen LogP contribution in [0, 0.1) is 11.3 Å². The minimum atomic E-state index is 0.443. The molecule has 2 heterocycles. The normalized spacial score (nSPS) is 22.8. The van der Waals surface area contributed by atoms with Crippen molar-refractivity contribution in [2.24, 2.45) is 0 Å². The van der Waals surface area contributed by atoms with E-state index in [4.69, 9.17) is 0 Å². The Morgan fingerprint density at radius 2 is 1.86 bits per heavy atom. The second kappa shape index (κ2) is 6.86. The highest BCUT2D eigenvalue weighted by molar-refractivity contribution is 5.56. The van der Waals surface area contributed by atoms with Gasteiger partial charge in [0.1, 0.15) is 11.6 Å². The Morgan fingerprint density at radius 3 is 2.38 bits per heavy atom. The molecule has 0 aromatic carbocycles. The van der Waals surface area contributed by atoms with Crippen LogP contribution in [0.5, 0.6) is 0 Å². The molecule has 0 bridgehead atoms. The fourth-order valence-electron chi connectivity index (χ4n) is 3.14. The van der Waals surface area contributed by atoms with Crippen LogP contribution in [0.2, 0.25) is 0 Å². The molecule has 2 atom stereocenters. The molecule has 1 aromatic rings. The Hall–Kier alpha value is -1.67. The lowest BCUT2D eigenvalue weighted by Gasteiger charge is -2.39. The molecule has 1 N–H and O–H groups in total. The number of hydrogen-bond donors (Lipinski definition) is 1. The molecule has 0 aliphatic carbocycles. The van der Waals surface area contributed by atoms with Crippen LogP contribution in [0.3, 0.4) is 0 Å². The first-order valence-corrected chi connectivity index (χ1v) is 7.95. The van der Waals surface area contributed by atoms with Gasteiger partial charge in [0, 0.05) is 12.1 Å². The van der Waals surface area contributed by atoms with Crippen LogP contribution >= 0.6 is 0 Å². The zero-order valence-corrected chi connectivity index (χ0v) is 13.5. The zero-order chi connectivity index (χ0) is 15.4. The molecule has 1 aromatic heterocycles. The predicted octanol–water partition coefficient (Wildman–Crippen LogP) is 3.06. The number of hydrazine groups is 1. The van der Waals surface area contributed by atoms with E-state index in [0.29, 0.717) is 23.5 Å². The molecule has 1 aliphatic rings. The number of anilines is 1. The molecule has 5 nitrogen and oxygen atoms in total. The molecule has 0 radical (unpaired) electrons. The summed E-state index contributed by atoms with van der Waals surface area (Å²) in [5, 5.41) is 20.3. The summed E-state index contributed by atoms with van der Waals surface area (Å²) < 4.78 is 0. The SMILES string of the molecule is CCc1nnc(NN2C(C)CCCC2C)c(C#N)c1CC. The molecular weight excluding hydrogens is 262 g/mol. The van der Waals surface area contributed by atoms with Crippen LogP contribution in [0.25, 0.3) is 0 Å². The molecule has 0 amide bonds. The standard InChI is InChI=1S/C16H25N5/c1-5-13-14(10-17)16(19-18-15(13)6-2)20-21-11(3)8-7-9-12(21)4/h11-12H,5-9H2,1-4H3,(H,19,20). The third kappa shape index (κ3) is 3.16. The topological polar surface area (TPSA) is 64.8 Å². The molecular formula is C16H25N5. The second-order valence-electron chi connectivity index (χ2n) is 5.82. The number of piperidine rings is 1. The highest BCUT2D eigenvalue weighted by atomic mass is 15.6. The van der Waals surface area contributed by atoms with Gasteiger partial charge in [-0.05, 0) is 45.1 Å². The molecule has 114 valence electrons. The average Bonchev–Trinajstić information content (AvgIpc) is 2.50. The van der Waals surface area contributed by atoms with E-state index in [0.717, 1.165) is 24.1 Å². The lowest BCUT2D eigenvalue weighted by atomic mass is 9.99. The van der Waals surface area contributed by atoms with Crippen molar-refractivity contribution in [3.8, 4) is 6.07 Å². The van der Waals surface area contributed by atoms with Crippen LogP contribution in [0.1, 0.15) is 63.8 Å². The van der Waals surface area contributed by atoms with Gasteiger partial charge in [0.2, 0.25) is 0 Å². The van der Waals surface area contributed by atoms with Gasteiger partial charge in [0.05, 0.1) is 5.69 Å². The summed E-state index contributed by atoms with van der Waals surface area (Å²) in [6.45, 7) is 8.53. The van der Waals surface area contributed by atoms with Crippen LogP contribution < -0.4 is 5.43 Å². The van der Waals surface area contributed by atoms with Gasteiger partial charge in [-0.2, -0.15) is 10.4 Å². The maximum absolute atomic E-state index is 9.54. The Kier molecular flexibility index (Phi) is 5.13. The zero-order valence-electron chi connectivity index (χ0n) is 13.5. The smallest absolute Gasteiger partial charge is 0.181 e. The molecule has 5 heteroatoms. The number of rotatable bonds is 4. The van der Waals surface area contributed by atoms with Gasteiger partial charge >= 0.3 is 0 Å². The fourth-order valence-corrected chi connectivity index (χ4v) is 3.14. The lowest BCUT2D eigenvalue weighted by Crippen LogP contribution is -2.47. The fraction of sp³-hybridized carbons (Fsp3) is 0.688. The van der Waals surface area contributed by atoms with Gasteiger partial charge in [-0.3, -0.25) is 5.43 Å². The second-order valence-corrected chi connectivity index (χ2v) is 5.82. The Bertz CT molecular complexity index is 524. The van der Waals surface area contributed by atoms with Gasteiger partial charge in [-0.25, -0.2) is 5.01 Å². The van der Waals surface area contributed by atoms with Gasteiger partial charge < -0.3 is 0 Å². The summed E-state index contributed by atoms with van der Waals surface area (Å²) in [6.07, 6.45) is 5.20. The summed E-state index contributed by atoms with van der Waals surface area (Å²) in [5.74, 6) is 0.604. The summed E-state index contributed by atoms with van der Waals surface area (Å²) in [4.78, 5) is 0. The van der Waals surface area contributed by atoms with Crippen molar-refractivity contribution in [2.75, 3.05) is 5.43 Å². The van der Waals surface area contributed by atoms with Crippen LogP contribution in [0.4, 0.5) is 5.82 Å². The number of hydrogen-bond acceptors (Lipinski definition) is 5. The quantitative estimate of drug-likeness (QED) is 0.922. The van der Waals surface area contributed by atoms with Crippen LogP contribution in [-0.4, -0.2) is 27.3 Å². The highest BCUT2D eigenvalue weighted by Crippen LogP contribution is 2.25. The van der Waals surface area contributed by atoms with Crippen molar-refractivity contribution in [1.82, 2.24) is 15.2 Å².